The maximum absolute atomic E-state index is 12.2. The Morgan fingerprint density at radius 3 is 3.04 bits per heavy atom. The van der Waals surface area contributed by atoms with Gasteiger partial charge in [0, 0.05) is 29.8 Å². The zero-order chi connectivity index (χ0) is 19.7. The molecule has 1 saturated carbocycles. The van der Waals surface area contributed by atoms with Crippen LogP contribution in [0.25, 0.3) is 0 Å². The lowest BCUT2D eigenvalue weighted by atomic mass is 9.98. The molecule has 0 radical (unpaired) electrons. The molecule has 2 aromatic heterocycles. The molecule has 1 spiro atoms. The van der Waals surface area contributed by atoms with Gasteiger partial charge < -0.3 is 19.9 Å². The number of amidine groups is 1. The van der Waals surface area contributed by atoms with Gasteiger partial charge in [-0.25, -0.2) is 4.99 Å². The van der Waals surface area contributed by atoms with Crippen LogP contribution in [0.1, 0.15) is 56.2 Å². The summed E-state index contributed by atoms with van der Waals surface area (Å²) in [6.07, 6.45) is 2.96. The number of aliphatic imine (C=N–C) groups is 1. The fourth-order valence-corrected chi connectivity index (χ4v) is 3.85. The molecule has 2 aliphatic rings. The molecule has 2 unspecified atom stereocenters. The zero-order valence-corrected chi connectivity index (χ0v) is 16.4. The number of ether oxygens (including phenoxy) is 1. The molecule has 2 aromatic rings. The van der Waals surface area contributed by atoms with Crippen molar-refractivity contribution in [3.05, 3.63) is 29.3 Å². The van der Waals surface area contributed by atoms with Gasteiger partial charge in [-0.3, -0.25) is 9.89 Å². The van der Waals surface area contributed by atoms with Crippen molar-refractivity contribution in [2.45, 2.75) is 64.0 Å². The summed E-state index contributed by atoms with van der Waals surface area (Å²) in [5.74, 6) is 1.17. The molecule has 9 nitrogen and oxygen atoms in total. The van der Waals surface area contributed by atoms with Crippen molar-refractivity contribution in [2.24, 2.45) is 4.99 Å². The molecule has 1 aliphatic heterocycles. The Morgan fingerprint density at radius 2 is 2.29 bits per heavy atom. The van der Waals surface area contributed by atoms with E-state index in [0.717, 1.165) is 30.7 Å². The van der Waals surface area contributed by atoms with E-state index in [1.54, 1.807) is 6.07 Å². The van der Waals surface area contributed by atoms with Gasteiger partial charge in [-0.2, -0.15) is 5.10 Å². The number of nitrogens with zero attached hydrogens (tertiary/aromatic N) is 3. The van der Waals surface area contributed by atoms with Crippen LogP contribution in [0.3, 0.4) is 0 Å². The minimum atomic E-state index is -0.222. The lowest BCUT2D eigenvalue weighted by molar-refractivity contribution is -0.115. The van der Waals surface area contributed by atoms with Crippen LogP contribution in [0.2, 0.25) is 0 Å². The highest BCUT2D eigenvalue weighted by atomic mass is 16.5. The molecule has 0 saturated heterocycles. The van der Waals surface area contributed by atoms with Gasteiger partial charge in [0.1, 0.15) is 11.4 Å². The number of H-pyrrole nitrogens is 1. The Labute approximate surface area is 163 Å². The first-order valence-corrected chi connectivity index (χ1v) is 9.68. The van der Waals surface area contributed by atoms with Crippen LogP contribution in [-0.2, 0) is 16.0 Å². The Morgan fingerprint density at radius 1 is 1.43 bits per heavy atom. The van der Waals surface area contributed by atoms with E-state index in [0.29, 0.717) is 36.1 Å². The Balaban J connectivity index is 1.32. The normalized spacial score (nSPS) is 23.9. The maximum Gasteiger partial charge on any atom is 0.285 e. The zero-order valence-electron chi connectivity index (χ0n) is 16.4. The van der Waals surface area contributed by atoms with E-state index >= 15 is 0 Å². The number of nitrogens with one attached hydrogen (secondary N) is 3. The van der Waals surface area contributed by atoms with E-state index in [1.807, 2.05) is 13.0 Å². The third-order valence-corrected chi connectivity index (χ3v) is 5.12. The first-order chi connectivity index (χ1) is 13.4. The number of carbonyl (C=O) groups excluding carboxylic acids is 1. The summed E-state index contributed by atoms with van der Waals surface area (Å²) < 4.78 is 11.2. The van der Waals surface area contributed by atoms with Crippen LogP contribution < -0.4 is 10.6 Å². The highest BCUT2D eigenvalue weighted by Crippen LogP contribution is 2.44. The number of amides is 1. The van der Waals surface area contributed by atoms with Crippen LogP contribution in [0.4, 0.5) is 5.82 Å². The molecule has 4 rings (SSSR count). The molecule has 3 N–H and O–H groups in total. The van der Waals surface area contributed by atoms with E-state index < -0.39 is 0 Å². The molecule has 2 atom stereocenters. The second-order valence-corrected chi connectivity index (χ2v) is 8.01. The molecule has 1 amide bonds. The number of carbonyl (C=O) groups is 1. The van der Waals surface area contributed by atoms with E-state index in [9.17, 15) is 4.79 Å². The molecule has 3 heterocycles. The minimum absolute atomic E-state index is 0.131. The predicted octanol–water partition coefficient (Wildman–Crippen LogP) is 2.28. The van der Waals surface area contributed by atoms with Crippen molar-refractivity contribution >= 4 is 17.7 Å². The van der Waals surface area contributed by atoms with Gasteiger partial charge in [0.15, 0.2) is 5.82 Å². The average molecular weight is 386 g/mol. The Kier molecular flexibility index (Phi) is 4.82. The smallest absolute Gasteiger partial charge is 0.285 e. The van der Waals surface area contributed by atoms with Gasteiger partial charge in [0.25, 0.3) is 6.02 Å². The minimum Gasteiger partial charge on any atom is -0.457 e. The van der Waals surface area contributed by atoms with Crippen molar-refractivity contribution in [3.63, 3.8) is 0 Å². The number of aryl methyl sites for hydroxylation is 1. The fourth-order valence-electron chi connectivity index (χ4n) is 3.85. The van der Waals surface area contributed by atoms with E-state index in [1.165, 1.54) is 0 Å². The van der Waals surface area contributed by atoms with Crippen molar-refractivity contribution in [1.82, 2.24) is 20.7 Å². The van der Waals surface area contributed by atoms with Gasteiger partial charge >= 0.3 is 0 Å². The molecule has 0 bridgehead atoms. The summed E-state index contributed by atoms with van der Waals surface area (Å²) in [6.45, 7) is 6.64. The summed E-state index contributed by atoms with van der Waals surface area (Å²) in [5.41, 5.74) is 1.54. The summed E-state index contributed by atoms with van der Waals surface area (Å²) in [4.78, 5) is 16.7. The second-order valence-electron chi connectivity index (χ2n) is 8.01. The average Bonchev–Trinajstić information content (AvgIpc) is 3.38. The molecule has 1 aliphatic carbocycles. The van der Waals surface area contributed by atoms with E-state index in [2.05, 4.69) is 44.8 Å². The Hall–Kier alpha value is -2.84. The van der Waals surface area contributed by atoms with Crippen LogP contribution in [-0.4, -0.2) is 45.5 Å². The number of aromatic nitrogens is 3. The van der Waals surface area contributed by atoms with E-state index in [4.69, 9.17) is 9.26 Å². The molecule has 1 fully saturated rings. The van der Waals surface area contributed by atoms with Gasteiger partial charge in [-0.05, 0) is 40.0 Å². The lowest BCUT2D eigenvalue weighted by Crippen LogP contribution is -2.36. The molecule has 0 aromatic carbocycles. The largest absolute Gasteiger partial charge is 0.457 e. The molecular formula is C19H26N6O3. The summed E-state index contributed by atoms with van der Waals surface area (Å²) in [5, 5.41) is 17.1. The number of rotatable bonds is 5. The highest BCUT2D eigenvalue weighted by molar-refractivity contribution is 5.91. The molecule has 28 heavy (non-hydrogen) atoms. The van der Waals surface area contributed by atoms with Crippen molar-refractivity contribution in [2.75, 3.05) is 11.9 Å². The van der Waals surface area contributed by atoms with Crippen LogP contribution >= 0.6 is 0 Å². The van der Waals surface area contributed by atoms with Gasteiger partial charge in [0.2, 0.25) is 5.91 Å². The predicted molar refractivity (Wildman–Crippen MR) is 103 cm³/mol. The lowest BCUT2D eigenvalue weighted by Gasteiger charge is -2.23. The van der Waals surface area contributed by atoms with Crippen LogP contribution in [0.15, 0.2) is 21.6 Å². The number of anilines is 1. The first kappa shape index (κ1) is 18.5. The van der Waals surface area contributed by atoms with E-state index in [-0.39, 0.29) is 17.9 Å². The van der Waals surface area contributed by atoms with Crippen molar-refractivity contribution in [1.29, 1.82) is 0 Å². The van der Waals surface area contributed by atoms with Gasteiger partial charge in [-0.1, -0.05) is 5.16 Å². The number of hydrogen-bond acceptors (Lipinski definition) is 7. The van der Waals surface area contributed by atoms with Gasteiger partial charge in [-0.15, -0.1) is 0 Å². The Bertz CT molecular complexity index is 886. The van der Waals surface area contributed by atoms with Gasteiger partial charge in [0.05, 0.1) is 18.7 Å². The summed E-state index contributed by atoms with van der Waals surface area (Å²) in [6, 6.07) is 4.59. The first-order valence-electron chi connectivity index (χ1n) is 9.68. The molecular weight excluding hydrogens is 360 g/mol. The summed E-state index contributed by atoms with van der Waals surface area (Å²) >= 11 is 0. The SMILES string of the molecule is Cc1cc(CC(=O)Nc2cc(C3CCC4(CN=C(NC(C)C)O4)C3)[nH]n2)on1. The second kappa shape index (κ2) is 7.29. The van der Waals surface area contributed by atoms with Crippen LogP contribution in [0, 0.1) is 6.92 Å². The van der Waals surface area contributed by atoms with Crippen molar-refractivity contribution in [3.8, 4) is 0 Å². The quantitative estimate of drug-likeness (QED) is 0.726. The number of hydrogen-bond donors (Lipinski definition) is 3. The monoisotopic (exact) mass is 386 g/mol. The molecule has 9 heteroatoms. The maximum atomic E-state index is 12.2. The number of aromatic amines is 1. The fraction of sp³-hybridized carbons (Fsp3) is 0.579. The third kappa shape index (κ3) is 4.02. The highest BCUT2D eigenvalue weighted by Gasteiger charge is 2.46. The topological polar surface area (TPSA) is 117 Å². The van der Waals surface area contributed by atoms with Crippen molar-refractivity contribution < 1.29 is 14.1 Å². The standard InChI is InChI=1S/C19H26N6O3/c1-11(2)21-18-20-10-19(27-18)5-4-13(9-19)15-8-16(24-23-15)22-17(26)7-14-6-12(3)25-28-14/h6,8,11,13H,4-5,7,9-10H2,1-3H3,(H,20,21)(H2,22,23,24,26). The summed E-state index contributed by atoms with van der Waals surface area (Å²) in [7, 11) is 0. The third-order valence-electron chi connectivity index (χ3n) is 5.12. The molecule has 150 valence electrons. The van der Waals surface area contributed by atoms with Crippen LogP contribution in [0.5, 0.6) is 0 Å².